The van der Waals surface area contributed by atoms with Crippen LogP contribution in [0.4, 0.5) is 10.5 Å². The fraction of sp³-hybridized carbons (Fsp3) is 0.471. The molecule has 0 saturated carbocycles. The second-order valence-corrected chi connectivity index (χ2v) is 7.39. The molecule has 0 radical (unpaired) electrons. The Balaban J connectivity index is 2.54. The number of amides is 1. The van der Waals surface area contributed by atoms with Gasteiger partial charge in [-0.3, -0.25) is 9.46 Å². The van der Waals surface area contributed by atoms with Crippen LogP contribution in [-0.2, 0) is 18.3 Å². The molecule has 0 aliphatic carbocycles. The molecule has 6 nitrogen and oxygen atoms in total. The predicted octanol–water partition coefficient (Wildman–Crippen LogP) is 4.87. The second kappa shape index (κ2) is 7.97. The molecule has 0 N–H and O–H groups in total. The lowest BCUT2D eigenvalue weighted by Crippen LogP contribution is -2.31. The number of nitrogens with zero attached hydrogens (tertiary/aromatic N) is 1. The maximum atomic E-state index is 13.3. The van der Waals surface area contributed by atoms with Crippen LogP contribution in [0.25, 0.3) is 0 Å². The molecule has 0 saturated heterocycles. The van der Waals surface area contributed by atoms with Gasteiger partial charge in [0.1, 0.15) is 5.66 Å². The van der Waals surface area contributed by atoms with Crippen LogP contribution in [0.2, 0.25) is 0 Å². The smallest absolute Gasteiger partial charge is 0.418 e. The molecule has 1 atom stereocenters. The number of carbonyl (C=O) groups is 1. The SMILES string of the molecule is CCOC(=O)N1C=C(C)C(P(=O)(OCC)OCC)c2ccccc21. The molecule has 0 fully saturated rings. The van der Waals surface area contributed by atoms with Crippen molar-refractivity contribution in [1.82, 2.24) is 0 Å². The maximum absolute atomic E-state index is 13.3. The van der Waals surface area contributed by atoms with Crippen molar-refractivity contribution in [2.45, 2.75) is 33.4 Å². The quantitative estimate of drug-likeness (QED) is 0.682. The van der Waals surface area contributed by atoms with Crippen LogP contribution in [0.1, 0.15) is 38.9 Å². The van der Waals surface area contributed by atoms with E-state index in [2.05, 4.69) is 0 Å². The average Bonchev–Trinajstić information content (AvgIpc) is 2.54. The number of carbonyl (C=O) groups excluding carboxylic acids is 1. The van der Waals surface area contributed by atoms with Crippen molar-refractivity contribution in [1.29, 1.82) is 0 Å². The molecule has 24 heavy (non-hydrogen) atoms. The van der Waals surface area contributed by atoms with Gasteiger partial charge in [-0.05, 0) is 44.9 Å². The average molecular weight is 353 g/mol. The van der Waals surface area contributed by atoms with Crippen molar-refractivity contribution in [3.05, 3.63) is 41.6 Å². The number of ether oxygens (including phenoxy) is 1. The fourth-order valence-corrected chi connectivity index (χ4v) is 5.05. The Morgan fingerprint density at radius 3 is 2.33 bits per heavy atom. The molecular weight excluding hydrogens is 329 g/mol. The molecule has 1 aromatic carbocycles. The van der Waals surface area contributed by atoms with E-state index >= 15 is 0 Å². The van der Waals surface area contributed by atoms with Crippen LogP contribution in [-0.4, -0.2) is 25.9 Å². The predicted molar refractivity (Wildman–Crippen MR) is 93.3 cm³/mol. The summed E-state index contributed by atoms with van der Waals surface area (Å²) >= 11 is 0. The molecule has 7 heteroatoms. The van der Waals surface area contributed by atoms with Gasteiger partial charge in [-0.25, -0.2) is 4.79 Å². The van der Waals surface area contributed by atoms with Gasteiger partial charge in [0.15, 0.2) is 0 Å². The first-order chi connectivity index (χ1) is 11.5. The summed E-state index contributed by atoms with van der Waals surface area (Å²) in [4.78, 5) is 13.7. The van der Waals surface area contributed by atoms with Gasteiger partial charge in [0, 0.05) is 6.20 Å². The van der Waals surface area contributed by atoms with Crippen molar-refractivity contribution in [2.24, 2.45) is 0 Å². The molecular formula is C17H24NO5P. The van der Waals surface area contributed by atoms with E-state index in [4.69, 9.17) is 13.8 Å². The lowest BCUT2D eigenvalue weighted by Gasteiger charge is -2.34. The number of allylic oxidation sites excluding steroid dienone is 1. The number of rotatable bonds is 6. The highest BCUT2D eigenvalue weighted by Gasteiger charge is 2.42. The monoisotopic (exact) mass is 353 g/mol. The topological polar surface area (TPSA) is 65.1 Å². The number of benzene rings is 1. The third kappa shape index (κ3) is 3.56. The van der Waals surface area contributed by atoms with E-state index in [1.54, 1.807) is 33.0 Å². The highest BCUT2D eigenvalue weighted by molar-refractivity contribution is 7.54. The molecule has 1 heterocycles. The van der Waals surface area contributed by atoms with E-state index in [1.807, 2.05) is 25.1 Å². The molecule has 1 amide bonds. The number of hydrogen-bond donors (Lipinski definition) is 0. The van der Waals surface area contributed by atoms with Gasteiger partial charge >= 0.3 is 13.7 Å². The maximum Gasteiger partial charge on any atom is 0.418 e. The molecule has 1 aliphatic rings. The summed E-state index contributed by atoms with van der Waals surface area (Å²) in [5.41, 5.74) is 1.55. The first kappa shape index (κ1) is 18.7. The van der Waals surface area contributed by atoms with Crippen LogP contribution in [0, 0.1) is 0 Å². The van der Waals surface area contributed by atoms with E-state index in [0.29, 0.717) is 5.69 Å². The van der Waals surface area contributed by atoms with Crippen molar-refractivity contribution < 1.29 is 23.1 Å². The van der Waals surface area contributed by atoms with Gasteiger partial charge in [-0.1, -0.05) is 18.2 Å². The van der Waals surface area contributed by atoms with Crippen molar-refractivity contribution in [3.8, 4) is 0 Å². The van der Waals surface area contributed by atoms with Crippen LogP contribution in [0.3, 0.4) is 0 Å². The molecule has 0 aromatic heterocycles. The van der Waals surface area contributed by atoms with Gasteiger partial charge in [-0.15, -0.1) is 0 Å². The van der Waals surface area contributed by atoms with Gasteiger partial charge in [0.2, 0.25) is 0 Å². The number of fused-ring (bicyclic) bond motifs is 1. The van der Waals surface area contributed by atoms with E-state index in [0.717, 1.165) is 11.1 Å². The normalized spacial score (nSPS) is 17.2. The largest absolute Gasteiger partial charge is 0.449 e. The summed E-state index contributed by atoms with van der Waals surface area (Å²) in [6.07, 6.45) is 1.18. The Hall–Kier alpha value is -1.62. The summed E-state index contributed by atoms with van der Waals surface area (Å²) in [5.74, 6) is 0. The molecule has 0 spiro atoms. The Labute approximate surface area is 142 Å². The zero-order valence-electron chi connectivity index (χ0n) is 14.5. The Morgan fingerprint density at radius 2 is 1.75 bits per heavy atom. The molecule has 1 unspecified atom stereocenters. The zero-order chi connectivity index (χ0) is 17.7. The number of para-hydroxylation sites is 1. The summed E-state index contributed by atoms with van der Waals surface area (Å²) in [5, 5.41) is 0. The number of anilines is 1. The Bertz CT molecular complexity index is 663. The van der Waals surface area contributed by atoms with E-state index in [-0.39, 0.29) is 19.8 Å². The Kier molecular flexibility index (Phi) is 6.21. The highest BCUT2D eigenvalue weighted by atomic mass is 31.2. The molecule has 2 rings (SSSR count). The van der Waals surface area contributed by atoms with Crippen molar-refractivity contribution in [2.75, 3.05) is 24.7 Å². The van der Waals surface area contributed by atoms with Crippen LogP contribution >= 0.6 is 7.60 Å². The minimum Gasteiger partial charge on any atom is -0.449 e. The van der Waals surface area contributed by atoms with Crippen molar-refractivity contribution >= 4 is 19.4 Å². The van der Waals surface area contributed by atoms with E-state index in [9.17, 15) is 9.36 Å². The highest BCUT2D eigenvalue weighted by Crippen LogP contribution is 2.65. The lowest BCUT2D eigenvalue weighted by molar-refractivity contribution is 0.162. The summed E-state index contributed by atoms with van der Waals surface area (Å²) in [7, 11) is -3.40. The third-order valence-corrected chi connectivity index (χ3v) is 6.21. The molecule has 1 aliphatic heterocycles. The van der Waals surface area contributed by atoms with Crippen LogP contribution in [0.5, 0.6) is 0 Å². The third-order valence-electron chi connectivity index (χ3n) is 3.65. The lowest BCUT2D eigenvalue weighted by atomic mass is 10.0. The molecule has 0 bridgehead atoms. The minimum absolute atomic E-state index is 0.282. The van der Waals surface area contributed by atoms with Crippen molar-refractivity contribution in [3.63, 3.8) is 0 Å². The van der Waals surface area contributed by atoms with Gasteiger partial charge in [0.05, 0.1) is 25.5 Å². The van der Waals surface area contributed by atoms with E-state index < -0.39 is 19.3 Å². The zero-order valence-corrected chi connectivity index (χ0v) is 15.4. The molecule has 1 aromatic rings. The standard InChI is InChI=1S/C17H24NO5P/c1-5-21-17(19)18-12-13(4)16(14-10-8-9-11-15(14)18)24(20,22-6-2)23-7-3/h8-12,16H,5-7H2,1-4H3. The fourth-order valence-electron chi connectivity index (χ4n) is 2.84. The van der Waals surface area contributed by atoms with Crippen LogP contribution < -0.4 is 4.90 Å². The minimum atomic E-state index is -3.40. The van der Waals surface area contributed by atoms with Gasteiger partial charge in [-0.2, -0.15) is 0 Å². The molecule has 132 valence electrons. The first-order valence-corrected chi connectivity index (χ1v) is 9.71. The second-order valence-electron chi connectivity index (χ2n) is 5.28. The van der Waals surface area contributed by atoms with Gasteiger partial charge in [0.25, 0.3) is 0 Å². The van der Waals surface area contributed by atoms with Gasteiger partial charge < -0.3 is 13.8 Å². The summed E-state index contributed by atoms with van der Waals surface area (Å²) < 4.78 is 29.5. The summed E-state index contributed by atoms with van der Waals surface area (Å²) in [6, 6.07) is 7.30. The van der Waals surface area contributed by atoms with E-state index in [1.165, 1.54) is 4.90 Å². The Morgan fingerprint density at radius 1 is 1.12 bits per heavy atom. The first-order valence-electron chi connectivity index (χ1n) is 8.10. The number of hydrogen-bond acceptors (Lipinski definition) is 5. The summed E-state index contributed by atoms with van der Waals surface area (Å²) in [6.45, 7) is 7.98. The van der Waals surface area contributed by atoms with Crippen LogP contribution in [0.15, 0.2) is 36.0 Å².